The fourth-order valence-corrected chi connectivity index (χ4v) is 2.43. The summed E-state index contributed by atoms with van der Waals surface area (Å²) in [6.45, 7) is 5.26. The molecule has 0 aromatic rings. The van der Waals surface area contributed by atoms with Crippen LogP contribution in [0.2, 0.25) is 0 Å². The van der Waals surface area contributed by atoms with Gasteiger partial charge in [-0.25, -0.2) is 0 Å². The quantitative estimate of drug-likeness (QED) is 0.719. The molecule has 1 N–H and O–H groups in total. The second-order valence-electron chi connectivity index (χ2n) is 4.94. The van der Waals surface area contributed by atoms with Crippen LogP contribution in [0.4, 0.5) is 0 Å². The van der Waals surface area contributed by atoms with Crippen LogP contribution in [-0.4, -0.2) is 60.8 Å². The van der Waals surface area contributed by atoms with E-state index in [1.807, 2.05) is 0 Å². The van der Waals surface area contributed by atoms with Gasteiger partial charge in [-0.3, -0.25) is 0 Å². The van der Waals surface area contributed by atoms with E-state index < -0.39 is 0 Å². The Morgan fingerprint density at radius 1 is 1.53 bits per heavy atom. The number of likely N-dealkylation sites (tertiary alicyclic amines) is 1. The molecular weight excluding hydrogens is 188 g/mol. The minimum atomic E-state index is -0.147. The Bertz CT molecular complexity index is 175. The molecule has 0 spiro atoms. The Morgan fingerprint density at radius 2 is 2.27 bits per heavy atom. The van der Waals surface area contributed by atoms with E-state index in [1.165, 1.54) is 19.4 Å². The molecule has 0 saturated carbocycles. The van der Waals surface area contributed by atoms with Gasteiger partial charge in [-0.15, -0.1) is 0 Å². The topological polar surface area (TPSA) is 26.7 Å². The normalized spacial score (nSPS) is 25.0. The number of hydrogen-bond acceptors (Lipinski definition) is 3. The van der Waals surface area contributed by atoms with Crippen molar-refractivity contribution in [3.05, 3.63) is 0 Å². The number of aliphatic hydroxyl groups is 1. The van der Waals surface area contributed by atoms with Crippen LogP contribution in [0.1, 0.15) is 32.6 Å². The van der Waals surface area contributed by atoms with Crippen LogP contribution in [0.15, 0.2) is 0 Å². The number of rotatable bonds is 6. The molecule has 15 heavy (non-hydrogen) atoms. The minimum absolute atomic E-state index is 0.147. The number of likely N-dealkylation sites (N-methyl/N-ethyl adjacent to an activating group) is 2. The molecule has 0 radical (unpaired) electrons. The number of hydrogen-bond donors (Lipinski definition) is 1. The molecule has 3 nitrogen and oxygen atoms in total. The summed E-state index contributed by atoms with van der Waals surface area (Å²) in [5.74, 6) is 0. The van der Waals surface area contributed by atoms with Crippen molar-refractivity contribution in [1.82, 2.24) is 9.80 Å². The van der Waals surface area contributed by atoms with E-state index in [9.17, 15) is 5.11 Å². The first-order chi connectivity index (χ1) is 7.13. The van der Waals surface area contributed by atoms with Gasteiger partial charge in [0, 0.05) is 19.1 Å². The highest BCUT2D eigenvalue weighted by Crippen LogP contribution is 2.15. The SMILES string of the molecule is CCCC(O)CN(C)CC1CCCN1C. The highest BCUT2D eigenvalue weighted by atomic mass is 16.3. The van der Waals surface area contributed by atoms with Gasteiger partial charge < -0.3 is 14.9 Å². The molecule has 1 fully saturated rings. The van der Waals surface area contributed by atoms with Gasteiger partial charge in [0.25, 0.3) is 0 Å². The predicted octanol–water partition coefficient (Wildman–Crippen LogP) is 1.17. The third-order valence-corrected chi connectivity index (χ3v) is 3.34. The van der Waals surface area contributed by atoms with Crippen molar-refractivity contribution in [3.63, 3.8) is 0 Å². The summed E-state index contributed by atoms with van der Waals surface area (Å²) in [4.78, 5) is 4.70. The maximum absolute atomic E-state index is 9.70. The van der Waals surface area contributed by atoms with Crippen molar-refractivity contribution in [1.29, 1.82) is 0 Å². The molecule has 2 atom stereocenters. The van der Waals surface area contributed by atoms with Crippen LogP contribution in [0.3, 0.4) is 0 Å². The average Bonchev–Trinajstić information content (AvgIpc) is 2.52. The van der Waals surface area contributed by atoms with Crippen LogP contribution in [0.25, 0.3) is 0 Å². The smallest absolute Gasteiger partial charge is 0.0666 e. The fraction of sp³-hybridized carbons (Fsp3) is 1.00. The largest absolute Gasteiger partial charge is 0.392 e. The summed E-state index contributed by atoms with van der Waals surface area (Å²) in [6, 6.07) is 0.698. The first-order valence-electron chi connectivity index (χ1n) is 6.20. The monoisotopic (exact) mass is 214 g/mol. The average molecular weight is 214 g/mol. The summed E-state index contributed by atoms with van der Waals surface area (Å²) in [5, 5.41) is 9.70. The molecule has 1 rings (SSSR count). The zero-order valence-corrected chi connectivity index (χ0v) is 10.4. The molecule has 0 aliphatic carbocycles. The van der Waals surface area contributed by atoms with Crippen LogP contribution in [0.5, 0.6) is 0 Å². The van der Waals surface area contributed by atoms with E-state index in [1.54, 1.807) is 0 Å². The zero-order valence-electron chi connectivity index (χ0n) is 10.4. The molecule has 1 heterocycles. The Hall–Kier alpha value is -0.120. The maximum Gasteiger partial charge on any atom is 0.0666 e. The molecule has 1 aliphatic rings. The third kappa shape index (κ3) is 4.49. The molecule has 1 aliphatic heterocycles. The highest BCUT2D eigenvalue weighted by molar-refractivity contribution is 4.79. The van der Waals surface area contributed by atoms with Gasteiger partial charge in [0.05, 0.1) is 6.10 Å². The van der Waals surface area contributed by atoms with E-state index in [2.05, 4.69) is 30.8 Å². The minimum Gasteiger partial charge on any atom is -0.392 e. The molecule has 0 aromatic heterocycles. The lowest BCUT2D eigenvalue weighted by molar-refractivity contribution is 0.105. The Kier molecular flexibility index (Phi) is 5.58. The van der Waals surface area contributed by atoms with Crippen LogP contribution < -0.4 is 0 Å². The maximum atomic E-state index is 9.70. The lowest BCUT2D eigenvalue weighted by Gasteiger charge is -2.27. The number of nitrogens with zero attached hydrogens (tertiary/aromatic N) is 2. The summed E-state index contributed by atoms with van der Waals surface area (Å²) in [7, 11) is 4.32. The van der Waals surface area contributed by atoms with Crippen LogP contribution in [0, 0.1) is 0 Å². The predicted molar refractivity (Wildman–Crippen MR) is 64.1 cm³/mol. The summed E-state index contributed by atoms with van der Waals surface area (Å²) < 4.78 is 0. The third-order valence-electron chi connectivity index (χ3n) is 3.34. The Balaban J connectivity index is 2.19. The van der Waals surface area contributed by atoms with Crippen molar-refractivity contribution in [2.24, 2.45) is 0 Å². The van der Waals surface area contributed by atoms with E-state index in [-0.39, 0.29) is 6.10 Å². The van der Waals surface area contributed by atoms with Crippen LogP contribution in [-0.2, 0) is 0 Å². The lowest BCUT2D eigenvalue weighted by atomic mass is 10.1. The molecule has 3 heteroatoms. The van der Waals surface area contributed by atoms with Gasteiger partial charge in [-0.2, -0.15) is 0 Å². The molecule has 0 amide bonds. The molecule has 0 bridgehead atoms. The second kappa shape index (κ2) is 6.46. The molecule has 0 aromatic carbocycles. The van der Waals surface area contributed by atoms with E-state index in [0.29, 0.717) is 6.04 Å². The summed E-state index contributed by atoms with van der Waals surface area (Å²) in [5.41, 5.74) is 0. The van der Waals surface area contributed by atoms with Gasteiger partial charge in [-0.05, 0) is 39.9 Å². The van der Waals surface area contributed by atoms with Crippen molar-refractivity contribution in [3.8, 4) is 0 Å². The van der Waals surface area contributed by atoms with Crippen molar-refractivity contribution < 1.29 is 5.11 Å². The van der Waals surface area contributed by atoms with E-state index >= 15 is 0 Å². The summed E-state index contributed by atoms with van der Waals surface area (Å²) >= 11 is 0. The van der Waals surface area contributed by atoms with Gasteiger partial charge in [0.15, 0.2) is 0 Å². The van der Waals surface area contributed by atoms with Crippen molar-refractivity contribution in [2.75, 3.05) is 33.7 Å². The first-order valence-corrected chi connectivity index (χ1v) is 6.20. The Morgan fingerprint density at radius 3 is 2.80 bits per heavy atom. The number of aliphatic hydroxyl groups excluding tert-OH is 1. The fourth-order valence-electron chi connectivity index (χ4n) is 2.43. The standard InChI is InChI=1S/C12H26N2O/c1-4-6-12(15)10-13(2)9-11-7-5-8-14(11)3/h11-12,15H,4-10H2,1-3H3. The van der Waals surface area contributed by atoms with E-state index in [0.717, 1.165) is 25.9 Å². The second-order valence-corrected chi connectivity index (χ2v) is 4.94. The van der Waals surface area contributed by atoms with Crippen LogP contribution >= 0.6 is 0 Å². The highest BCUT2D eigenvalue weighted by Gasteiger charge is 2.22. The molecule has 1 saturated heterocycles. The Labute approximate surface area is 94.1 Å². The van der Waals surface area contributed by atoms with E-state index in [4.69, 9.17) is 0 Å². The van der Waals surface area contributed by atoms with Crippen molar-refractivity contribution in [2.45, 2.75) is 44.8 Å². The van der Waals surface area contributed by atoms with Crippen molar-refractivity contribution >= 4 is 0 Å². The zero-order chi connectivity index (χ0) is 11.3. The molecular formula is C12H26N2O. The van der Waals surface area contributed by atoms with Gasteiger partial charge >= 0.3 is 0 Å². The molecule has 2 unspecified atom stereocenters. The van der Waals surface area contributed by atoms with Gasteiger partial charge in [0.2, 0.25) is 0 Å². The molecule has 90 valence electrons. The lowest BCUT2D eigenvalue weighted by Crippen LogP contribution is -2.39. The first kappa shape index (κ1) is 12.9. The summed E-state index contributed by atoms with van der Waals surface area (Å²) in [6.07, 6.45) is 4.48. The van der Waals surface area contributed by atoms with Gasteiger partial charge in [0.1, 0.15) is 0 Å². The van der Waals surface area contributed by atoms with Gasteiger partial charge in [-0.1, -0.05) is 13.3 Å².